The summed E-state index contributed by atoms with van der Waals surface area (Å²) in [6, 6.07) is 6.22. The van der Waals surface area contributed by atoms with Crippen LogP contribution in [0.3, 0.4) is 0 Å². The highest BCUT2D eigenvalue weighted by Crippen LogP contribution is 2.15. The molecule has 0 saturated heterocycles. The Morgan fingerprint density at radius 3 is 2.61 bits per heavy atom. The molecule has 0 bridgehead atoms. The molecule has 3 nitrogen and oxygen atoms in total. The summed E-state index contributed by atoms with van der Waals surface area (Å²) in [5.41, 5.74) is 0.345. The van der Waals surface area contributed by atoms with Crippen molar-refractivity contribution < 1.29 is 9.50 Å². The Hall–Kier alpha value is -1.44. The van der Waals surface area contributed by atoms with Crippen molar-refractivity contribution in [3.63, 3.8) is 0 Å². The number of rotatable bonds is 5. The summed E-state index contributed by atoms with van der Waals surface area (Å²) >= 11 is 0. The van der Waals surface area contributed by atoms with Gasteiger partial charge < -0.3 is 5.11 Å². The van der Waals surface area contributed by atoms with E-state index in [1.54, 1.807) is 19.9 Å². The third-order valence-corrected chi connectivity index (χ3v) is 2.64. The molecule has 0 saturated carbocycles. The highest BCUT2D eigenvalue weighted by atomic mass is 19.1. The molecule has 0 spiro atoms. The van der Waals surface area contributed by atoms with Crippen LogP contribution in [0.15, 0.2) is 18.2 Å². The summed E-state index contributed by atoms with van der Waals surface area (Å²) in [6.07, 6.45) is 0. The summed E-state index contributed by atoms with van der Waals surface area (Å²) in [4.78, 5) is 2.02. The lowest BCUT2D eigenvalue weighted by Crippen LogP contribution is -2.38. The minimum atomic E-state index is -0.789. The first-order chi connectivity index (χ1) is 8.35. The lowest BCUT2D eigenvalue weighted by molar-refractivity contribution is 0.0353. The molecule has 0 radical (unpaired) electrons. The van der Waals surface area contributed by atoms with Crippen molar-refractivity contribution in [1.82, 2.24) is 4.90 Å². The van der Waals surface area contributed by atoms with Crippen LogP contribution in [0.4, 0.5) is 4.39 Å². The molecule has 0 heterocycles. The van der Waals surface area contributed by atoms with E-state index >= 15 is 0 Å². The molecule has 0 amide bonds. The molecule has 1 N–H and O–H groups in total. The lowest BCUT2D eigenvalue weighted by Gasteiger charge is -2.28. The molecule has 0 aliphatic heterocycles. The van der Waals surface area contributed by atoms with Crippen LogP contribution in [0.1, 0.15) is 31.9 Å². The maximum absolute atomic E-state index is 13.0. The third kappa shape index (κ3) is 4.44. The van der Waals surface area contributed by atoms with Crippen LogP contribution in [0.25, 0.3) is 0 Å². The number of nitrogens with zero attached hydrogens (tertiary/aromatic N) is 2. The van der Waals surface area contributed by atoms with Crippen molar-refractivity contribution in [1.29, 1.82) is 5.26 Å². The van der Waals surface area contributed by atoms with Crippen LogP contribution in [0.2, 0.25) is 0 Å². The minimum Gasteiger partial charge on any atom is -0.389 e. The van der Waals surface area contributed by atoms with E-state index in [4.69, 9.17) is 5.26 Å². The molecule has 0 fully saturated rings. The molecule has 0 aliphatic rings. The van der Waals surface area contributed by atoms with Crippen LogP contribution >= 0.6 is 0 Å². The van der Waals surface area contributed by atoms with Crippen molar-refractivity contribution >= 4 is 0 Å². The Morgan fingerprint density at radius 2 is 2.11 bits per heavy atom. The van der Waals surface area contributed by atoms with Gasteiger partial charge in [-0.25, -0.2) is 4.39 Å². The van der Waals surface area contributed by atoms with E-state index in [1.165, 1.54) is 12.1 Å². The molecule has 1 rings (SSSR count). The number of aliphatic hydroxyl groups is 1. The van der Waals surface area contributed by atoms with Crippen molar-refractivity contribution in [2.45, 2.75) is 32.9 Å². The van der Waals surface area contributed by atoms with Gasteiger partial charge in [-0.1, -0.05) is 13.0 Å². The number of hydrogen-bond donors (Lipinski definition) is 1. The van der Waals surface area contributed by atoms with Gasteiger partial charge in [0, 0.05) is 13.1 Å². The lowest BCUT2D eigenvalue weighted by atomic mass is 10.1. The Kier molecular flexibility index (Phi) is 4.83. The molecule has 98 valence electrons. The zero-order valence-corrected chi connectivity index (χ0v) is 11.1. The molecule has 1 aromatic carbocycles. The van der Waals surface area contributed by atoms with E-state index in [-0.39, 0.29) is 0 Å². The zero-order valence-electron chi connectivity index (χ0n) is 11.1. The Balaban J connectivity index is 2.86. The number of nitriles is 1. The van der Waals surface area contributed by atoms with Gasteiger partial charge in [-0.15, -0.1) is 0 Å². The smallest absolute Gasteiger partial charge is 0.124 e. The van der Waals surface area contributed by atoms with Gasteiger partial charge in [-0.2, -0.15) is 5.26 Å². The van der Waals surface area contributed by atoms with Crippen LogP contribution in [0.5, 0.6) is 0 Å². The molecule has 0 aromatic heterocycles. The summed E-state index contributed by atoms with van der Waals surface area (Å²) < 4.78 is 13.0. The van der Waals surface area contributed by atoms with Crippen molar-refractivity contribution in [3.05, 3.63) is 35.1 Å². The fourth-order valence-electron chi connectivity index (χ4n) is 1.86. The number of likely N-dealkylation sites (N-methyl/N-ethyl adjacent to an activating group) is 1. The maximum atomic E-state index is 13.0. The van der Waals surface area contributed by atoms with E-state index in [2.05, 4.69) is 0 Å². The van der Waals surface area contributed by atoms with Gasteiger partial charge in [0.25, 0.3) is 0 Å². The molecule has 0 atom stereocenters. The van der Waals surface area contributed by atoms with Crippen LogP contribution in [-0.4, -0.2) is 28.7 Å². The highest BCUT2D eigenvalue weighted by Gasteiger charge is 2.18. The van der Waals surface area contributed by atoms with Gasteiger partial charge in [-0.05, 0) is 38.1 Å². The molecular formula is C14H19FN2O. The van der Waals surface area contributed by atoms with E-state index in [0.29, 0.717) is 18.7 Å². The predicted octanol–water partition coefficient (Wildman–Crippen LogP) is 2.29. The predicted molar refractivity (Wildman–Crippen MR) is 68.4 cm³/mol. The Bertz CT molecular complexity index is 446. The van der Waals surface area contributed by atoms with Gasteiger partial charge in [0.15, 0.2) is 0 Å². The average Bonchev–Trinajstić information content (AvgIpc) is 2.28. The van der Waals surface area contributed by atoms with Crippen LogP contribution in [0, 0.1) is 17.1 Å². The second-order valence-corrected chi connectivity index (χ2v) is 5.03. The van der Waals surface area contributed by atoms with E-state index in [0.717, 1.165) is 12.1 Å². The van der Waals surface area contributed by atoms with Crippen LogP contribution in [-0.2, 0) is 6.54 Å². The zero-order chi connectivity index (χ0) is 13.8. The second-order valence-electron chi connectivity index (χ2n) is 5.03. The van der Waals surface area contributed by atoms with Crippen molar-refractivity contribution in [2.24, 2.45) is 0 Å². The summed E-state index contributed by atoms with van der Waals surface area (Å²) in [6.45, 7) is 7.26. The number of benzene rings is 1. The standard InChI is InChI=1S/C14H19FN2O/c1-4-17(10-14(2,3)18)9-11-5-6-13(15)7-12(11)8-16/h5-7,18H,4,9-10H2,1-3H3. The SMILES string of the molecule is CCN(Cc1ccc(F)cc1C#N)CC(C)(C)O. The summed E-state index contributed by atoms with van der Waals surface area (Å²) in [7, 11) is 0. The fourth-order valence-corrected chi connectivity index (χ4v) is 1.86. The Labute approximate surface area is 107 Å². The quantitative estimate of drug-likeness (QED) is 0.872. The largest absolute Gasteiger partial charge is 0.389 e. The molecule has 18 heavy (non-hydrogen) atoms. The van der Waals surface area contributed by atoms with Crippen molar-refractivity contribution in [2.75, 3.05) is 13.1 Å². The van der Waals surface area contributed by atoms with Gasteiger partial charge in [0.2, 0.25) is 0 Å². The number of hydrogen-bond acceptors (Lipinski definition) is 3. The molecule has 0 unspecified atom stereocenters. The van der Waals surface area contributed by atoms with Gasteiger partial charge in [-0.3, -0.25) is 4.90 Å². The van der Waals surface area contributed by atoms with E-state index < -0.39 is 11.4 Å². The first-order valence-electron chi connectivity index (χ1n) is 5.99. The summed E-state index contributed by atoms with van der Waals surface area (Å²) in [5.74, 6) is -0.402. The van der Waals surface area contributed by atoms with Crippen LogP contribution < -0.4 is 0 Å². The molecule has 4 heteroatoms. The summed E-state index contributed by atoms with van der Waals surface area (Å²) in [5, 5.41) is 18.8. The fraction of sp³-hybridized carbons (Fsp3) is 0.500. The van der Waals surface area contributed by atoms with E-state index in [1.807, 2.05) is 17.9 Å². The normalized spacial score (nSPS) is 11.6. The highest BCUT2D eigenvalue weighted by molar-refractivity contribution is 5.37. The number of halogens is 1. The maximum Gasteiger partial charge on any atom is 0.124 e. The average molecular weight is 250 g/mol. The van der Waals surface area contributed by atoms with E-state index in [9.17, 15) is 9.50 Å². The van der Waals surface area contributed by atoms with Gasteiger partial charge >= 0.3 is 0 Å². The first-order valence-corrected chi connectivity index (χ1v) is 5.99. The minimum absolute atomic E-state index is 0.351. The topological polar surface area (TPSA) is 47.3 Å². The second kappa shape index (κ2) is 5.94. The Morgan fingerprint density at radius 1 is 1.44 bits per heavy atom. The first kappa shape index (κ1) is 14.6. The molecular weight excluding hydrogens is 231 g/mol. The molecule has 1 aromatic rings. The van der Waals surface area contributed by atoms with Gasteiger partial charge in [0.1, 0.15) is 5.82 Å². The van der Waals surface area contributed by atoms with Gasteiger partial charge in [0.05, 0.1) is 17.2 Å². The van der Waals surface area contributed by atoms with Crippen molar-refractivity contribution in [3.8, 4) is 6.07 Å². The monoisotopic (exact) mass is 250 g/mol. The third-order valence-electron chi connectivity index (χ3n) is 2.64. The molecule has 0 aliphatic carbocycles.